The second-order valence-electron chi connectivity index (χ2n) is 7.35. The first-order valence-electron chi connectivity index (χ1n) is 8.56. The zero-order valence-electron chi connectivity index (χ0n) is 16.5. The normalized spacial score (nSPS) is 17.3. The predicted molar refractivity (Wildman–Crippen MR) is 103 cm³/mol. The van der Waals surface area contributed by atoms with E-state index in [1.54, 1.807) is 26.8 Å². The molecule has 26 heavy (non-hydrogen) atoms. The van der Waals surface area contributed by atoms with Crippen LogP contribution in [0.25, 0.3) is 6.08 Å². The predicted octanol–water partition coefficient (Wildman–Crippen LogP) is 4.54. The van der Waals surface area contributed by atoms with Crippen LogP contribution in [-0.2, 0) is 14.3 Å². The first-order valence-corrected chi connectivity index (χ1v) is 8.56. The summed E-state index contributed by atoms with van der Waals surface area (Å²) in [4.78, 5) is 25.5. The maximum absolute atomic E-state index is 12.8. The summed E-state index contributed by atoms with van der Waals surface area (Å²) in [6, 6.07) is 4.08. The van der Waals surface area contributed by atoms with Gasteiger partial charge >= 0.3 is 0 Å². The molecule has 138 valence electrons. The molecule has 0 bridgehead atoms. The van der Waals surface area contributed by atoms with Gasteiger partial charge in [-0.25, -0.2) is 0 Å². The van der Waals surface area contributed by atoms with Crippen LogP contribution in [0.15, 0.2) is 40.9 Å². The number of aryl methyl sites for hydroxylation is 3. The third-order valence-corrected chi connectivity index (χ3v) is 4.88. The van der Waals surface area contributed by atoms with Crippen LogP contribution >= 0.6 is 0 Å². The molecule has 0 aliphatic heterocycles. The summed E-state index contributed by atoms with van der Waals surface area (Å²) in [6.07, 6.45) is 3.06. The second kappa shape index (κ2) is 6.94. The molecule has 1 aliphatic carbocycles. The van der Waals surface area contributed by atoms with Gasteiger partial charge in [-0.05, 0) is 64.3 Å². The summed E-state index contributed by atoms with van der Waals surface area (Å²) < 4.78 is 5.29. The molecule has 0 aromatic heterocycles. The van der Waals surface area contributed by atoms with Gasteiger partial charge in [0, 0.05) is 5.57 Å². The van der Waals surface area contributed by atoms with Gasteiger partial charge in [-0.3, -0.25) is 9.59 Å². The highest BCUT2D eigenvalue weighted by Crippen LogP contribution is 2.40. The monoisotopic (exact) mass is 354 g/mol. The molecule has 0 saturated carbocycles. The summed E-state index contributed by atoms with van der Waals surface area (Å²) in [7, 11) is 1.46. The van der Waals surface area contributed by atoms with Crippen LogP contribution in [0.1, 0.15) is 43.0 Å². The molecule has 1 aromatic carbocycles. The molecule has 0 fully saturated rings. The number of methoxy groups -OCH3 is 1. The van der Waals surface area contributed by atoms with E-state index in [1.807, 2.05) is 32.9 Å². The van der Waals surface area contributed by atoms with Gasteiger partial charge in [0.1, 0.15) is 17.1 Å². The van der Waals surface area contributed by atoms with E-state index in [0.717, 1.165) is 22.3 Å². The van der Waals surface area contributed by atoms with Gasteiger partial charge in [0.2, 0.25) is 0 Å². The van der Waals surface area contributed by atoms with Gasteiger partial charge in [-0.2, -0.15) is 0 Å². The number of carbonyl (C=O) groups excluding carboxylic acids is 2. The Morgan fingerprint density at radius 2 is 1.65 bits per heavy atom. The Morgan fingerprint density at radius 3 is 2.15 bits per heavy atom. The molecule has 1 aromatic rings. The Bertz CT molecular complexity index is 856. The summed E-state index contributed by atoms with van der Waals surface area (Å²) in [5.41, 5.74) is 3.43. The SMILES string of the molecule is COC1=C(C)C(O)=C(C(=O)/C=C/c2c(C)cc(C)cc2C)C(=O)C1(C)C. The number of Topliss-reactive ketones (excluding diaryl/α,β-unsaturated/α-hetero) is 1. The lowest BCUT2D eigenvalue weighted by atomic mass is 9.74. The van der Waals surface area contributed by atoms with E-state index in [1.165, 1.54) is 13.2 Å². The minimum atomic E-state index is -1.00. The van der Waals surface area contributed by atoms with Gasteiger partial charge in [-0.1, -0.05) is 23.8 Å². The van der Waals surface area contributed by atoms with Crippen molar-refractivity contribution in [1.82, 2.24) is 0 Å². The average Bonchev–Trinajstić information content (AvgIpc) is 2.52. The van der Waals surface area contributed by atoms with Crippen molar-refractivity contribution in [2.24, 2.45) is 5.41 Å². The lowest BCUT2D eigenvalue weighted by Crippen LogP contribution is -2.36. The summed E-state index contributed by atoms with van der Waals surface area (Å²) in [5.74, 6) is -0.872. The van der Waals surface area contributed by atoms with Crippen molar-refractivity contribution in [2.45, 2.75) is 41.5 Å². The molecular formula is C22H26O4. The number of aliphatic hydroxyl groups is 1. The van der Waals surface area contributed by atoms with Crippen LogP contribution in [0, 0.1) is 26.2 Å². The Hall–Kier alpha value is -2.62. The van der Waals surface area contributed by atoms with E-state index in [-0.39, 0.29) is 11.3 Å². The largest absolute Gasteiger partial charge is 0.507 e. The number of benzene rings is 1. The molecule has 0 heterocycles. The summed E-state index contributed by atoms with van der Waals surface area (Å²) >= 11 is 0. The molecule has 4 nitrogen and oxygen atoms in total. The fourth-order valence-electron chi connectivity index (χ4n) is 3.62. The highest BCUT2D eigenvalue weighted by molar-refractivity contribution is 6.28. The van der Waals surface area contributed by atoms with Gasteiger partial charge in [0.15, 0.2) is 11.6 Å². The summed E-state index contributed by atoms with van der Waals surface area (Å²) in [6.45, 7) is 11.0. The lowest BCUT2D eigenvalue weighted by Gasteiger charge is -2.31. The number of carbonyl (C=O) groups is 2. The third-order valence-electron chi connectivity index (χ3n) is 4.88. The number of allylic oxidation sites excluding steroid dienone is 4. The molecule has 0 saturated heterocycles. The quantitative estimate of drug-likeness (QED) is 0.637. The minimum Gasteiger partial charge on any atom is -0.507 e. The Labute approximate surface area is 154 Å². The molecule has 2 rings (SSSR count). The zero-order chi connectivity index (χ0) is 19.8. The first-order chi connectivity index (χ1) is 12.0. The van der Waals surface area contributed by atoms with E-state index in [9.17, 15) is 14.7 Å². The van der Waals surface area contributed by atoms with Gasteiger partial charge in [-0.15, -0.1) is 0 Å². The zero-order valence-corrected chi connectivity index (χ0v) is 16.5. The van der Waals surface area contributed by atoms with Gasteiger partial charge in [0.25, 0.3) is 0 Å². The minimum absolute atomic E-state index is 0.188. The fourth-order valence-corrected chi connectivity index (χ4v) is 3.62. The van der Waals surface area contributed by atoms with Crippen LogP contribution < -0.4 is 0 Å². The van der Waals surface area contributed by atoms with Crippen LogP contribution in [0.5, 0.6) is 0 Å². The third kappa shape index (κ3) is 3.24. The molecule has 0 amide bonds. The Kier molecular flexibility index (Phi) is 5.26. The number of ketones is 2. The topological polar surface area (TPSA) is 63.6 Å². The number of ether oxygens (including phenoxy) is 1. The van der Waals surface area contributed by atoms with Crippen LogP contribution in [-0.4, -0.2) is 23.8 Å². The highest BCUT2D eigenvalue weighted by Gasteiger charge is 2.44. The van der Waals surface area contributed by atoms with Crippen LogP contribution in [0.2, 0.25) is 0 Å². The van der Waals surface area contributed by atoms with E-state index in [4.69, 9.17) is 4.74 Å². The van der Waals surface area contributed by atoms with Gasteiger partial charge < -0.3 is 9.84 Å². The van der Waals surface area contributed by atoms with E-state index in [0.29, 0.717) is 11.3 Å². The second-order valence-corrected chi connectivity index (χ2v) is 7.35. The lowest BCUT2D eigenvalue weighted by molar-refractivity contribution is -0.126. The van der Waals surface area contributed by atoms with Crippen molar-refractivity contribution in [1.29, 1.82) is 0 Å². The maximum atomic E-state index is 12.8. The molecule has 0 radical (unpaired) electrons. The highest BCUT2D eigenvalue weighted by atomic mass is 16.5. The van der Waals surface area contributed by atoms with Crippen LogP contribution in [0.3, 0.4) is 0 Å². The Balaban J connectivity index is 2.49. The van der Waals surface area contributed by atoms with Crippen molar-refractivity contribution < 1.29 is 19.4 Å². The standard InChI is InChI=1S/C22H26O4/c1-12-10-13(2)16(14(3)11-12)8-9-17(23)18-19(24)15(4)21(26-7)22(5,6)20(18)25/h8-11,24H,1-7H3/b9-8+. The van der Waals surface area contributed by atoms with Crippen LogP contribution in [0.4, 0.5) is 0 Å². The smallest absolute Gasteiger partial charge is 0.193 e. The molecule has 0 spiro atoms. The van der Waals surface area contributed by atoms with Crippen molar-refractivity contribution in [3.63, 3.8) is 0 Å². The number of aliphatic hydroxyl groups excluding tert-OH is 1. The van der Waals surface area contributed by atoms with Crippen molar-refractivity contribution >= 4 is 17.6 Å². The summed E-state index contributed by atoms with van der Waals surface area (Å²) in [5, 5.41) is 10.4. The number of hydrogen-bond acceptors (Lipinski definition) is 4. The first kappa shape index (κ1) is 19.7. The molecule has 1 aliphatic rings. The van der Waals surface area contributed by atoms with Gasteiger partial charge in [0.05, 0.1) is 12.5 Å². The van der Waals surface area contributed by atoms with Crippen molar-refractivity contribution in [3.05, 3.63) is 63.1 Å². The molecule has 0 unspecified atom stereocenters. The van der Waals surface area contributed by atoms with E-state index in [2.05, 4.69) is 0 Å². The van der Waals surface area contributed by atoms with E-state index < -0.39 is 17.0 Å². The average molecular weight is 354 g/mol. The van der Waals surface area contributed by atoms with Crippen molar-refractivity contribution in [2.75, 3.05) is 7.11 Å². The van der Waals surface area contributed by atoms with E-state index >= 15 is 0 Å². The van der Waals surface area contributed by atoms with Crippen molar-refractivity contribution in [3.8, 4) is 0 Å². The molecule has 0 atom stereocenters. The molecular weight excluding hydrogens is 328 g/mol. The molecule has 4 heteroatoms. The number of rotatable bonds is 4. The molecule has 1 N–H and O–H groups in total. The number of hydrogen-bond donors (Lipinski definition) is 1. The maximum Gasteiger partial charge on any atom is 0.193 e. The Morgan fingerprint density at radius 1 is 1.12 bits per heavy atom. The fraction of sp³-hybridized carbons (Fsp3) is 0.364.